The van der Waals surface area contributed by atoms with Crippen molar-refractivity contribution in [2.75, 3.05) is 12.3 Å². The molecule has 3 heteroatoms. The van der Waals surface area contributed by atoms with Gasteiger partial charge in [0.2, 0.25) is 5.91 Å². The fourth-order valence-corrected chi connectivity index (χ4v) is 2.53. The van der Waals surface area contributed by atoms with Crippen molar-refractivity contribution in [3.8, 4) is 0 Å². The van der Waals surface area contributed by atoms with E-state index in [0.29, 0.717) is 11.3 Å². The van der Waals surface area contributed by atoms with Crippen molar-refractivity contribution in [1.29, 1.82) is 0 Å². The van der Waals surface area contributed by atoms with Gasteiger partial charge in [-0.05, 0) is 12.2 Å². The van der Waals surface area contributed by atoms with Crippen LogP contribution in [0.25, 0.3) is 0 Å². The van der Waals surface area contributed by atoms with E-state index in [2.05, 4.69) is 0 Å². The molecule has 2 aliphatic rings. The lowest BCUT2D eigenvalue weighted by molar-refractivity contribution is -0.141. The molecule has 2 nitrogen and oxygen atoms in total. The lowest BCUT2D eigenvalue weighted by Gasteiger charge is -2.43. The number of hydrogen-bond donors (Lipinski definition) is 0. The number of β-lactam (4-membered cyclic amide) rings is 1. The topological polar surface area (TPSA) is 20.3 Å². The second-order valence-electron chi connectivity index (χ2n) is 2.47. The summed E-state index contributed by atoms with van der Waals surface area (Å²) in [6, 6.07) is 0. The van der Waals surface area contributed by atoms with Crippen molar-refractivity contribution in [3.05, 3.63) is 0 Å². The van der Waals surface area contributed by atoms with Gasteiger partial charge in [0.15, 0.2) is 0 Å². The Hall–Kier alpha value is -0.180. The van der Waals surface area contributed by atoms with E-state index in [1.807, 2.05) is 16.7 Å². The van der Waals surface area contributed by atoms with Gasteiger partial charge >= 0.3 is 0 Å². The second-order valence-corrected chi connectivity index (χ2v) is 3.76. The van der Waals surface area contributed by atoms with Crippen molar-refractivity contribution in [1.82, 2.24) is 4.90 Å². The molecule has 2 aliphatic heterocycles. The summed E-state index contributed by atoms with van der Waals surface area (Å²) >= 11 is 1.92. The molecule has 2 saturated heterocycles. The highest BCUT2D eigenvalue weighted by Crippen LogP contribution is 2.33. The number of carbonyl (C=O) groups is 1. The molecule has 0 spiro atoms. The van der Waals surface area contributed by atoms with Gasteiger partial charge < -0.3 is 4.90 Å². The summed E-state index contributed by atoms with van der Waals surface area (Å²) in [5, 5.41) is 0.561. The monoisotopic (exact) mass is 143 g/mol. The van der Waals surface area contributed by atoms with Gasteiger partial charge in [-0.3, -0.25) is 4.79 Å². The summed E-state index contributed by atoms with van der Waals surface area (Å²) < 4.78 is 0. The fraction of sp³-hybridized carbons (Fsp3) is 0.833. The Bertz CT molecular complexity index is 148. The zero-order valence-electron chi connectivity index (χ0n) is 5.17. The number of carbonyl (C=O) groups excluding carboxylic acids is 1. The normalized spacial score (nSPS) is 33.6. The highest BCUT2D eigenvalue weighted by Gasteiger charge is 2.37. The Morgan fingerprint density at radius 3 is 3.11 bits per heavy atom. The fourth-order valence-electron chi connectivity index (χ4n) is 1.30. The Morgan fingerprint density at radius 2 is 2.56 bits per heavy atom. The third kappa shape index (κ3) is 0.748. The van der Waals surface area contributed by atoms with Crippen LogP contribution in [0.4, 0.5) is 0 Å². The number of amides is 1. The molecule has 2 rings (SSSR count). The summed E-state index contributed by atoms with van der Waals surface area (Å²) in [5.41, 5.74) is 0. The maximum absolute atomic E-state index is 10.8. The molecule has 0 N–H and O–H groups in total. The van der Waals surface area contributed by atoms with E-state index in [-0.39, 0.29) is 0 Å². The predicted octanol–water partition coefficient (Wildman–Crippen LogP) is 0.682. The molecule has 9 heavy (non-hydrogen) atoms. The molecule has 1 atom stereocenters. The van der Waals surface area contributed by atoms with Crippen LogP contribution in [-0.4, -0.2) is 28.5 Å². The van der Waals surface area contributed by atoms with Crippen LogP contribution in [0.3, 0.4) is 0 Å². The van der Waals surface area contributed by atoms with Crippen LogP contribution in [0, 0.1) is 0 Å². The molecule has 2 fully saturated rings. The van der Waals surface area contributed by atoms with Gasteiger partial charge in [0.25, 0.3) is 0 Å². The van der Waals surface area contributed by atoms with E-state index < -0.39 is 0 Å². The molecule has 50 valence electrons. The minimum atomic E-state index is 0.354. The third-order valence-corrected chi connectivity index (χ3v) is 3.20. The molecule has 0 saturated carbocycles. The van der Waals surface area contributed by atoms with E-state index in [4.69, 9.17) is 0 Å². The molecule has 0 aliphatic carbocycles. The zero-order valence-corrected chi connectivity index (χ0v) is 5.99. The Kier molecular flexibility index (Phi) is 1.18. The van der Waals surface area contributed by atoms with Crippen LogP contribution in [0.5, 0.6) is 0 Å². The Labute approximate surface area is 58.6 Å². The highest BCUT2D eigenvalue weighted by atomic mass is 32.2. The number of thioether (sulfide) groups is 1. The first-order valence-electron chi connectivity index (χ1n) is 3.29. The molecule has 1 amide bonds. The molecular weight excluding hydrogens is 134 g/mol. The van der Waals surface area contributed by atoms with Gasteiger partial charge in [-0.1, -0.05) is 0 Å². The standard InChI is InChI=1S/C6H9NOS/c8-5-4-6-7(5)2-1-3-9-6/h6H,1-4H2/t6-/m0/s1. The summed E-state index contributed by atoms with van der Waals surface area (Å²) in [7, 11) is 0. The minimum absolute atomic E-state index is 0.354. The van der Waals surface area contributed by atoms with Crippen molar-refractivity contribution in [3.63, 3.8) is 0 Å². The number of nitrogens with zero attached hydrogens (tertiary/aromatic N) is 1. The van der Waals surface area contributed by atoms with E-state index in [1.54, 1.807) is 0 Å². The minimum Gasteiger partial charge on any atom is -0.330 e. The Balaban J connectivity index is 2.01. The van der Waals surface area contributed by atoms with E-state index in [0.717, 1.165) is 13.0 Å². The SMILES string of the molecule is O=C1C[C@@H]2SCCCN12. The molecule has 0 unspecified atom stereocenters. The van der Waals surface area contributed by atoms with Gasteiger partial charge in [-0.2, -0.15) is 0 Å². The average molecular weight is 143 g/mol. The average Bonchev–Trinajstić information content (AvgIpc) is 1.86. The lowest BCUT2D eigenvalue weighted by Crippen LogP contribution is -2.53. The van der Waals surface area contributed by atoms with Crippen molar-refractivity contribution in [2.45, 2.75) is 18.2 Å². The van der Waals surface area contributed by atoms with Crippen LogP contribution in [-0.2, 0) is 4.79 Å². The highest BCUT2D eigenvalue weighted by molar-refractivity contribution is 8.00. The molecular formula is C6H9NOS. The van der Waals surface area contributed by atoms with Gasteiger partial charge in [0.05, 0.1) is 11.8 Å². The van der Waals surface area contributed by atoms with Gasteiger partial charge in [-0.25, -0.2) is 0 Å². The molecule has 2 heterocycles. The maximum atomic E-state index is 10.8. The first kappa shape index (κ1) is 5.59. The van der Waals surface area contributed by atoms with Crippen molar-refractivity contribution >= 4 is 17.7 Å². The largest absolute Gasteiger partial charge is 0.330 e. The van der Waals surface area contributed by atoms with Gasteiger partial charge in [0.1, 0.15) is 0 Å². The quantitative estimate of drug-likeness (QED) is 0.465. The predicted molar refractivity (Wildman–Crippen MR) is 37.2 cm³/mol. The first-order chi connectivity index (χ1) is 4.38. The molecule has 0 aromatic rings. The van der Waals surface area contributed by atoms with Gasteiger partial charge in [0, 0.05) is 6.54 Å². The van der Waals surface area contributed by atoms with Crippen LogP contribution in [0.15, 0.2) is 0 Å². The molecule has 0 aromatic carbocycles. The summed E-state index contributed by atoms with van der Waals surface area (Å²) in [4.78, 5) is 12.8. The summed E-state index contributed by atoms with van der Waals surface area (Å²) in [5.74, 6) is 1.60. The van der Waals surface area contributed by atoms with Gasteiger partial charge in [-0.15, -0.1) is 11.8 Å². The number of rotatable bonds is 0. The molecule has 0 radical (unpaired) electrons. The number of hydrogen-bond acceptors (Lipinski definition) is 2. The van der Waals surface area contributed by atoms with Crippen molar-refractivity contribution in [2.24, 2.45) is 0 Å². The number of fused-ring (bicyclic) bond motifs is 1. The van der Waals surface area contributed by atoms with Crippen LogP contribution in [0.1, 0.15) is 12.8 Å². The van der Waals surface area contributed by atoms with E-state index in [1.165, 1.54) is 12.2 Å². The zero-order chi connectivity index (χ0) is 6.27. The third-order valence-electron chi connectivity index (χ3n) is 1.87. The molecule has 0 bridgehead atoms. The smallest absolute Gasteiger partial charge is 0.226 e. The van der Waals surface area contributed by atoms with Crippen molar-refractivity contribution < 1.29 is 4.79 Å². The Morgan fingerprint density at radius 1 is 1.67 bits per heavy atom. The summed E-state index contributed by atoms with van der Waals surface area (Å²) in [6.07, 6.45) is 1.98. The molecule has 0 aromatic heterocycles. The van der Waals surface area contributed by atoms with E-state index >= 15 is 0 Å². The van der Waals surface area contributed by atoms with Crippen LogP contribution in [0.2, 0.25) is 0 Å². The summed E-state index contributed by atoms with van der Waals surface area (Å²) in [6.45, 7) is 1.01. The second kappa shape index (κ2) is 1.90. The van der Waals surface area contributed by atoms with Crippen LogP contribution >= 0.6 is 11.8 Å². The van der Waals surface area contributed by atoms with Crippen LogP contribution < -0.4 is 0 Å². The maximum Gasteiger partial charge on any atom is 0.226 e. The lowest BCUT2D eigenvalue weighted by atomic mass is 10.2. The first-order valence-corrected chi connectivity index (χ1v) is 4.34. The van der Waals surface area contributed by atoms with E-state index in [9.17, 15) is 4.79 Å².